The van der Waals surface area contributed by atoms with Crippen LogP contribution in [-0.4, -0.2) is 19.1 Å². The molecule has 0 saturated carbocycles. The van der Waals surface area contributed by atoms with E-state index >= 15 is 0 Å². The first-order valence-electron chi connectivity index (χ1n) is 6.06. The number of H-pyrrole nitrogens is 1. The molecule has 0 saturated heterocycles. The van der Waals surface area contributed by atoms with E-state index in [0.717, 1.165) is 8.14 Å². The maximum absolute atomic E-state index is 12.0. The summed E-state index contributed by atoms with van der Waals surface area (Å²) in [7, 11) is 2.98. The van der Waals surface area contributed by atoms with Crippen molar-refractivity contribution >= 4 is 33.8 Å². The molecule has 2 aromatic heterocycles. The van der Waals surface area contributed by atoms with Crippen LogP contribution >= 0.6 is 22.6 Å². The van der Waals surface area contributed by atoms with E-state index in [1.165, 1.54) is 11.6 Å². The highest BCUT2D eigenvalue weighted by Crippen LogP contribution is 2.20. The van der Waals surface area contributed by atoms with Crippen molar-refractivity contribution in [3.63, 3.8) is 0 Å². The van der Waals surface area contributed by atoms with Crippen molar-refractivity contribution in [2.24, 2.45) is 14.1 Å². The fraction of sp³-hybridized carbons (Fsp3) is 0.154. The highest BCUT2D eigenvalue weighted by atomic mass is 127. The van der Waals surface area contributed by atoms with Gasteiger partial charge in [0.05, 0.1) is 0 Å². The van der Waals surface area contributed by atoms with E-state index in [1.807, 2.05) is 12.1 Å². The van der Waals surface area contributed by atoms with Crippen molar-refractivity contribution in [2.75, 3.05) is 0 Å². The molecule has 0 bridgehead atoms. The summed E-state index contributed by atoms with van der Waals surface area (Å²) in [6, 6.07) is 7.56. The molecular formula is C13H11IN4O3. The molecule has 3 rings (SSSR count). The van der Waals surface area contributed by atoms with Gasteiger partial charge in [0.2, 0.25) is 0 Å². The SMILES string of the molecule is Cn1c(=O)c2[nH]c(Oc3ccc(I)cc3)nc2n(C)c1=O. The highest BCUT2D eigenvalue weighted by Gasteiger charge is 2.14. The van der Waals surface area contributed by atoms with E-state index < -0.39 is 11.2 Å². The number of halogens is 1. The van der Waals surface area contributed by atoms with E-state index in [1.54, 1.807) is 19.2 Å². The Morgan fingerprint density at radius 3 is 2.48 bits per heavy atom. The largest absolute Gasteiger partial charge is 0.426 e. The standard InChI is InChI=1S/C13H11IN4O3/c1-17-10-9(11(19)18(2)13(17)20)15-12(16-10)21-8-5-3-7(14)4-6-8/h3-6H,1-2H3,(H,15,16). The third kappa shape index (κ3) is 2.35. The Kier molecular flexibility index (Phi) is 3.32. The molecule has 1 aromatic carbocycles. The number of fused-ring (bicyclic) bond motifs is 1. The van der Waals surface area contributed by atoms with E-state index in [4.69, 9.17) is 4.74 Å². The van der Waals surface area contributed by atoms with Crippen molar-refractivity contribution in [1.29, 1.82) is 0 Å². The highest BCUT2D eigenvalue weighted by molar-refractivity contribution is 14.1. The van der Waals surface area contributed by atoms with Crippen LogP contribution in [0.1, 0.15) is 0 Å². The molecule has 0 unspecified atom stereocenters. The first-order chi connectivity index (χ1) is 9.97. The molecule has 108 valence electrons. The Balaban J connectivity index is 2.12. The number of rotatable bonds is 2. The summed E-state index contributed by atoms with van der Waals surface area (Å²) in [5.41, 5.74) is -0.360. The van der Waals surface area contributed by atoms with Gasteiger partial charge in [-0.25, -0.2) is 4.79 Å². The van der Waals surface area contributed by atoms with Crippen LogP contribution in [0.5, 0.6) is 11.8 Å². The third-order valence-electron chi connectivity index (χ3n) is 3.10. The number of imidazole rings is 1. The van der Waals surface area contributed by atoms with Crippen LogP contribution in [0.3, 0.4) is 0 Å². The van der Waals surface area contributed by atoms with Crippen LogP contribution in [-0.2, 0) is 14.1 Å². The minimum atomic E-state index is -0.432. The van der Waals surface area contributed by atoms with Gasteiger partial charge in [-0.15, -0.1) is 0 Å². The lowest BCUT2D eigenvalue weighted by Crippen LogP contribution is -2.36. The zero-order valence-electron chi connectivity index (χ0n) is 11.3. The summed E-state index contributed by atoms with van der Waals surface area (Å²) in [5, 5.41) is 0. The van der Waals surface area contributed by atoms with Crippen molar-refractivity contribution in [3.05, 3.63) is 48.7 Å². The van der Waals surface area contributed by atoms with E-state index in [2.05, 4.69) is 32.6 Å². The predicted molar refractivity (Wildman–Crippen MR) is 85.8 cm³/mol. The van der Waals surface area contributed by atoms with Crippen LogP contribution < -0.4 is 16.0 Å². The second kappa shape index (κ2) is 5.02. The Hall–Kier alpha value is -2.10. The topological polar surface area (TPSA) is 81.9 Å². The number of nitrogens with zero attached hydrogens (tertiary/aromatic N) is 3. The number of aromatic amines is 1. The minimum Gasteiger partial charge on any atom is -0.426 e. The molecule has 8 heteroatoms. The van der Waals surface area contributed by atoms with Crippen molar-refractivity contribution in [2.45, 2.75) is 0 Å². The third-order valence-corrected chi connectivity index (χ3v) is 3.82. The molecule has 0 fully saturated rings. The molecule has 1 N–H and O–H groups in total. The summed E-state index contributed by atoms with van der Waals surface area (Å²) < 4.78 is 8.98. The van der Waals surface area contributed by atoms with Gasteiger partial charge in [0, 0.05) is 17.7 Å². The molecule has 21 heavy (non-hydrogen) atoms. The number of nitrogens with one attached hydrogen (secondary N) is 1. The monoisotopic (exact) mass is 398 g/mol. The summed E-state index contributed by atoms with van der Waals surface area (Å²) in [5.74, 6) is 0.594. The van der Waals surface area contributed by atoms with E-state index in [0.29, 0.717) is 5.75 Å². The quantitative estimate of drug-likeness (QED) is 0.661. The molecule has 0 spiro atoms. The summed E-state index contributed by atoms with van der Waals surface area (Å²) >= 11 is 2.19. The first-order valence-corrected chi connectivity index (χ1v) is 7.14. The van der Waals surface area contributed by atoms with Gasteiger partial charge < -0.3 is 9.72 Å². The van der Waals surface area contributed by atoms with Gasteiger partial charge in [0.25, 0.3) is 5.56 Å². The van der Waals surface area contributed by atoms with Crippen LogP contribution in [0, 0.1) is 3.57 Å². The molecule has 7 nitrogen and oxygen atoms in total. The molecule has 0 aliphatic carbocycles. The molecule has 0 atom stereocenters. The van der Waals surface area contributed by atoms with Crippen LogP contribution in [0.2, 0.25) is 0 Å². The summed E-state index contributed by atoms with van der Waals surface area (Å²) in [6.07, 6.45) is 0. The van der Waals surface area contributed by atoms with Crippen molar-refractivity contribution in [1.82, 2.24) is 19.1 Å². The number of aryl methyl sites for hydroxylation is 1. The lowest BCUT2D eigenvalue weighted by Gasteiger charge is -2.00. The Morgan fingerprint density at radius 2 is 1.81 bits per heavy atom. The molecule has 0 amide bonds. The van der Waals surface area contributed by atoms with Gasteiger partial charge >= 0.3 is 11.7 Å². The maximum Gasteiger partial charge on any atom is 0.332 e. The molecular weight excluding hydrogens is 387 g/mol. The van der Waals surface area contributed by atoms with Crippen LogP contribution in [0.25, 0.3) is 11.2 Å². The molecule has 0 radical (unpaired) electrons. The van der Waals surface area contributed by atoms with Gasteiger partial charge in [0.1, 0.15) is 5.75 Å². The number of hydrogen-bond donors (Lipinski definition) is 1. The van der Waals surface area contributed by atoms with Crippen molar-refractivity contribution < 1.29 is 4.74 Å². The van der Waals surface area contributed by atoms with Crippen LogP contribution in [0.4, 0.5) is 0 Å². The zero-order chi connectivity index (χ0) is 15.1. The number of ether oxygens (including phenoxy) is 1. The first kappa shape index (κ1) is 13.9. The smallest absolute Gasteiger partial charge is 0.332 e. The summed E-state index contributed by atoms with van der Waals surface area (Å²) in [6.45, 7) is 0. The van der Waals surface area contributed by atoms with E-state index in [9.17, 15) is 9.59 Å². The second-order valence-corrected chi connectivity index (χ2v) is 5.75. The average molecular weight is 398 g/mol. The predicted octanol–water partition coefficient (Wildman–Crippen LogP) is 1.36. The Labute approximate surface area is 132 Å². The van der Waals surface area contributed by atoms with Crippen LogP contribution in [0.15, 0.2) is 33.9 Å². The Morgan fingerprint density at radius 1 is 1.14 bits per heavy atom. The maximum atomic E-state index is 12.0. The van der Waals surface area contributed by atoms with Gasteiger partial charge in [-0.3, -0.25) is 13.9 Å². The van der Waals surface area contributed by atoms with Crippen molar-refractivity contribution in [3.8, 4) is 11.8 Å². The fourth-order valence-electron chi connectivity index (χ4n) is 1.97. The van der Waals surface area contributed by atoms with E-state index in [-0.39, 0.29) is 17.2 Å². The molecule has 0 aliphatic heterocycles. The lowest BCUT2D eigenvalue weighted by atomic mass is 10.3. The lowest BCUT2D eigenvalue weighted by molar-refractivity contribution is 0.449. The fourth-order valence-corrected chi connectivity index (χ4v) is 2.33. The van der Waals surface area contributed by atoms with Gasteiger partial charge in [-0.1, -0.05) is 0 Å². The Bertz CT molecular complexity index is 937. The zero-order valence-corrected chi connectivity index (χ0v) is 13.4. The number of aromatic nitrogens is 4. The molecule has 0 aliphatic rings. The number of hydrogen-bond acceptors (Lipinski definition) is 4. The van der Waals surface area contributed by atoms with Gasteiger partial charge in [-0.05, 0) is 46.9 Å². The molecule has 3 aromatic rings. The van der Waals surface area contributed by atoms with Gasteiger partial charge in [0.15, 0.2) is 11.2 Å². The van der Waals surface area contributed by atoms with Gasteiger partial charge in [-0.2, -0.15) is 4.98 Å². The second-order valence-electron chi connectivity index (χ2n) is 4.50. The summed E-state index contributed by atoms with van der Waals surface area (Å²) in [4.78, 5) is 30.8. The average Bonchev–Trinajstić information content (AvgIpc) is 2.89. The number of benzene rings is 1. The minimum absolute atomic E-state index is 0.171. The normalized spacial score (nSPS) is 11.0. The molecule has 2 heterocycles.